The number of rotatable bonds is 6. The minimum Gasteiger partial charge on any atom is -0.481 e. The molecule has 0 radical (unpaired) electrons. The molecule has 0 spiro atoms. The standard InChI is InChI=1S/C9H16O5/c1-5(2)4-6(8(10)11)7(14-3)9(12)13/h5-7H,4H2,1-3H3,(H,10,11)(H,12,13)/t6-,7+/m1/s1. The van der Waals surface area contributed by atoms with Crippen LogP contribution in [0.5, 0.6) is 0 Å². The molecule has 0 fully saturated rings. The van der Waals surface area contributed by atoms with Crippen molar-refractivity contribution in [2.24, 2.45) is 11.8 Å². The van der Waals surface area contributed by atoms with Crippen LogP contribution < -0.4 is 0 Å². The van der Waals surface area contributed by atoms with Gasteiger partial charge in [-0.15, -0.1) is 0 Å². The molecular formula is C9H16O5. The Balaban J connectivity index is 4.60. The zero-order valence-electron chi connectivity index (χ0n) is 8.56. The lowest BCUT2D eigenvalue weighted by molar-refractivity contribution is -0.162. The van der Waals surface area contributed by atoms with Crippen molar-refractivity contribution in [3.63, 3.8) is 0 Å². The molecule has 2 N–H and O–H groups in total. The van der Waals surface area contributed by atoms with E-state index in [2.05, 4.69) is 4.74 Å². The van der Waals surface area contributed by atoms with Crippen molar-refractivity contribution in [3.8, 4) is 0 Å². The molecule has 14 heavy (non-hydrogen) atoms. The highest BCUT2D eigenvalue weighted by molar-refractivity contribution is 5.81. The van der Waals surface area contributed by atoms with E-state index in [9.17, 15) is 9.59 Å². The molecule has 0 aromatic rings. The lowest BCUT2D eigenvalue weighted by Gasteiger charge is -2.20. The Morgan fingerprint density at radius 3 is 1.93 bits per heavy atom. The fourth-order valence-electron chi connectivity index (χ4n) is 1.30. The fourth-order valence-corrected chi connectivity index (χ4v) is 1.30. The zero-order chi connectivity index (χ0) is 11.3. The van der Waals surface area contributed by atoms with Crippen molar-refractivity contribution in [1.82, 2.24) is 0 Å². The van der Waals surface area contributed by atoms with Crippen LogP contribution in [0.1, 0.15) is 20.3 Å². The van der Waals surface area contributed by atoms with Crippen LogP contribution in [0.4, 0.5) is 0 Å². The normalized spacial score (nSPS) is 15.1. The van der Waals surface area contributed by atoms with Crippen molar-refractivity contribution in [2.75, 3.05) is 7.11 Å². The minimum atomic E-state index is -1.27. The molecule has 82 valence electrons. The summed E-state index contributed by atoms with van der Waals surface area (Å²) in [6.07, 6.45) is -0.977. The molecule has 0 unspecified atom stereocenters. The molecule has 0 amide bonds. The van der Waals surface area contributed by atoms with Gasteiger partial charge in [0.1, 0.15) is 0 Å². The SMILES string of the molecule is CO[C@H](C(=O)O)[C@@H](CC(C)C)C(=O)O. The van der Waals surface area contributed by atoms with Crippen LogP contribution in [0.3, 0.4) is 0 Å². The van der Waals surface area contributed by atoms with Gasteiger partial charge in [0.25, 0.3) is 0 Å². The summed E-state index contributed by atoms with van der Waals surface area (Å²) in [6, 6.07) is 0. The number of hydrogen-bond acceptors (Lipinski definition) is 3. The van der Waals surface area contributed by atoms with Crippen LogP contribution in [0.2, 0.25) is 0 Å². The van der Waals surface area contributed by atoms with Gasteiger partial charge in [-0.25, -0.2) is 4.79 Å². The molecule has 0 aliphatic heterocycles. The van der Waals surface area contributed by atoms with E-state index in [1.54, 1.807) is 0 Å². The van der Waals surface area contributed by atoms with Crippen LogP contribution in [-0.2, 0) is 14.3 Å². The summed E-state index contributed by atoms with van der Waals surface area (Å²) in [7, 11) is 1.20. The van der Waals surface area contributed by atoms with Crippen LogP contribution in [0.15, 0.2) is 0 Å². The highest BCUT2D eigenvalue weighted by atomic mass is 16.5. The maximum Gasteiger partial charge on any atom is 0.333 e. The van der Waals surface area contributed by atoms with Crippen molar-refractivity contribution < 1.29 is 24.5 Å². The first-order valence-corrected chi connectivity index (χ1v) is 4.38. The van der Waals surface area contributed by atoms with E-state index in [1.165, 1.54) is 7.11 Å². The predicted molar refractivity (Wildman–Crippen MR) is 49.0 cm³/mol. The molecule has 0 aliphatic rings. The van der Waals surface area contributed by atoms with Gasteiger partial charge in [-0.3, -0.25) is 4.79 Å². The first kappa shape index (κ1) is 12.9. The Morgan fingerprint density at radius 1 is 1.21 bits per heavy atom. The summed E-state index contributed by atoms with van der Waals surface area (Å²) in [6.45, 7) is 3.68. The average Bonchev–Trinajstić information content (AvgIpc) is 2.02. The third-order valence-corrected chi connectivity index (χ3v) is 1.91. The summed E-state index contributed by atoms with van der Waals surface area (Å²) in [5.74, 6) is -3.24. The number of methoxy groups -OCH3 is 1. The number of hydrogen-bond donors (Lipinski definition) is 2. The maximum atomic E-state index is 10.8. The number of carboxylic acids is 2. The van der Waals surface area contributed by atoms with Crippen molar-refractivity contribution in [1.29, 1.82) is 0 Å². The summed E-state index contributed by atoms with van der Waals surface area (Å²) in [4.78, 5) is 21.5. The van der Waals surface area contributed by atoms with Crippen molar-refractivity contribution >= 4 is 11.9 Å². The molecule has 0 saturated heterocycles. The Hall–Kier alpha value is -1.10. The van der Waals surface area contributed by atoms with Gasteiger partial charge in [0.2, 0.25) is 0 Å². The summed E-state index contributed by atoms with van der Waals surface area (Å²) >= 11 is 0. The van der Waals surface area contributed by atoms with Gasteiger partial charge in [0.15, 0.2) is 6.10 Å². The maximum absolute atomic E-state index is 10.8. The summed E-state index contributed by atoms with van der Waals surface area (Å²) in [5.41, 5.74) is 0. The minimum absolute atomic E-state index is 0.119. The second-order valence-electron chi connectivity index (χ2n) is 3.57. The predicted octanol–water partition coefficient (Wildman–Crippen LogP) is 0.833. The highest BCUT2D eigenvalue weighted by Crippen LogP contribution is 2.18. The Morgan fingerprint density at radius 2 is 1.71 bits per heavy atom. The van der Waals surface area contributed by atoms with E-state index in [0.29, 0.717) is 6.42 Å². The van der Waals surface area contributed by atoms with Crippen molar-refractivity contribution in [2.45, 2.75) is 26.4 Å². The Bertz CT molecular complexity index is 211. The monoisotopic (exact) mass is 204 g/mol. The van der Waals surface area contributed by atoms with E-state index >= 15 is 0 Å². The second-order valence-corrected chi connectivity index (χ2v) is 3.57. The second kappa shape index (κ2) is 5.59. The number of carboxylic acid groups (broad SMARTS) is 2. The smallest absolute Gasteiger partial charge is 0.333 e. The zero-order valence-corrected chi connectivity index (χ0v) is 8.56. The van der Waals surface area contributed by atoms with Crippen LogP contribution in [0, 0.1) is 11.8 Å². The van der Waals surface area contributed by atoms with Crippen LogP contribution in [-0.4, -0.2) is 35.4 Å². The first-order valence-electron chi connectivity index (χ1n) is 4.38. The van der Waals surface area contributed by atoms with Gasteiger partial charge in [-0.05, 0) is 12.3 Å². The van der Waals surface area contributed by atoms with E-state index in [-0.39, 0.29) is 5.92 Å². The van der Waals surface area contributed by atoms with E-state index in [1.807, 2.05) is 13.8 Å². The van der Waals surface area contributed by atoms with Crippen LogP contribution >= 0.6 is 0 Å². The molecule has 5 heteroatoms. The van der Waals surface area contributed by atoms with Crippen LogP contribution in [0.25, 0.3) is 0 Å². The topological polar surface area (TPSA) is 83.8 Å². The number of carbonyl (C=O) groups is 2. The van der Waals surface area contributed by atoms with E-state index in [4.69, 9.17) is 10.2 Å². The fraction of sp³-hybridized carbons (Fsp3) is 0.778. The molecule has 0 aromatic carbocycles. The molecule has 0 aromatic heterocycles. The largest absolute Gasteiger partial charge is 0.481 e. The van der Waals surface area contributed by atoms with Gasteiger partial charge < -0.3 is 14.9 Å². The third kappa shape index (κ3) is 3.74. The van der Waals surface area contributed by atoms with E-state index < -0.39 is 24.0 Å². The summed E-state index contributed by atoms with van der Waals surface area (Å²) < 4.78 is 4.66. The van der Waals surface area contributed by atoms with Gasteiger partial charge in [0.05, 0.1) is 5.92 Å². The lowest BCUT2D eigenvalue weighted by atomic mass is 9.92. The molecule has 0 saturated carbocycles. The lowest BCUT2D eigenvalue weighted by Crippen LogP contribution is -2.37. The van der Waals surface area contributed by atoms with Crippen molar-refractivity contribution in [3.05, 3.63) is 0 Å². The van der Waals surface area contributed by atoms with E-state index in [0.717, 1.165) is 0 Å². The molecule has 5 nitrogen and oxygen atoms in total. The van der Waals surface area contributed by atoms with Gasteiger partial charge >= 0.3 is 11.9 Å². The molecule has 0 aliphatic carbocycles. The third-order valence-electron chi connectivity index (χ3n) is 1.91. The van der Waals surface area contributed by atoms with Gasteiger partial charge in [-0.2, -0.15) is 0 Å². The van der Waals surface area contributed by atoms with Gasteiger partial charge in [0, 0.05) is 7.11 Å². The first-order chi connectivity index (χ1) is 6.40. The molecular weight excluding hydrogens is 188 g/mol. The average molecular weight is 204 g/mol. The Kier molecular flexibility index (Phi) is 5.15. The molecule has 2 atom stereocenters. The number of ether oxygens (including phenoxy) is 1. The molecule has 0 heterocycles. The Labute approximate surface area is 82.7 Å². The number of aliphatic carboxylic acids is 2. The summed E-state index contributed by atoms with van der Waals surface area (Å²) in [5, 5.41) is 17.5. The molecule has 0 rings (SSSR count). The quantitative estimate of drug-likeness (QED) is 0.669. The van der Waals surface area contributed by atoms with Gasteiger partial charge in [-0.1, -0.05) is 13.8 Å². The molecule has 0 bridgehead atoms. The highest BCUT2D eigenvalue weighted by Gasteiger charge is 2.34.